The fourth-order valence-electron chi connectivity index (χ4n) is 2.53. The van der Waals surface area contributed by atoms with E-state index < -0.39 is 0 Å². The summed E-state index contributed by atoms with van der Waals surface area (Å²) in [6.45, 7) is 9.01. The van der Waals surface area contributed by atoms with Crippen molar-refractivity contribution < 1.29 is 13.9 Å². The van der Waals surface area contributed by atoms with E-state index >= 15 is 0 Å². The number of furan rings is 1. The smallest absolute Gasteiger partial charge is 0.242 e. The summed E-state index contributed by atoms with van der Waals surface area (Å²) in [7, 11) is 0. The molecule has 1 aliphatic rings. The highest BCUT2D eigenvalue weighted by Gasteiger charge is 2.16. The summed E-state index contributed by atoms with van der Waals surface area (Å²) in [5.41, 5.74) is -0.256. The maximum absolute atomic E-state index is 12.0. The molecule has 2 heterocycles. The molecule has 148 valence electrons. The van der Waals surface area contributed by atoms with Gasteiger partial charge in [-0.2, -0.15) is 0 Å². The van der Waals surface area contributed by atoms with Crippen LogP contribution < -0.4 is 16.0 Å². The summed E-state index contributed by atoms with van der Waals surface area (Å²) >= 11 is 0. The Morgan fingerprint density at radius 1 is 1.35 bits per heavy atom. The summed E-state index contributed by atoms with van der Waals surface area (Å²) in [6, 6.07) is 3.82. The fourth-order valence-corrected chi connectivity index (χ4v) is 2.53. The Labute approximate surface area is 172 Å². The first-order valence-electron chi connectivity index (χ1n) is 8.86. The number of halogens is 1. The third-order valence-corrected chi connectivity index (χ3v) is 3.72. The van der Waals surface area contributed by atoms with Gasteiger partial charge in [0.05, 0.1) is 12.9 Å². The van der Waals surface area contributed by atoms with Gasteiger partial charge in [-0.1, -0.05) is 0 Å². The molecule has 7 nitrogen and oxygen atoms in total. The maximum atomic E-state index is 12.0. The lowest BCUT2D eigenvalue weighted by molar-refractivity contribution is -0.121. The molecule has 0 spiro atoms. The number of aliphatic imine (C=N–C) groups is 1. The average Bonchev–Trinajstić information content (AvgIpc) is 3.21. The van der Waals surface area contributed by atoms with E-state index in [1.165, 1.54) is 0 Å². The van der Waals surface area contributed by atoms with Gasteiger partial charge in [0, 0.05) is 37.6 Å². The third-order valence-electron chi connectivity index (χ3n) is 3.72. The number of ether oxygens (including phenoxy) is 1. The molecule has 1 saturated heterocycles. The molecule has 0 saturated carbocycles. The number of carbonyl (C=O) groups is 1. The van der Waals surface area contributed by atoms with Gasteiger partial charge < -0.3 is 25.1 Å². The molecule has 0 radical (unpaired) electrons. The summed E-state index contributed by atoms with van der Waals surface area (Å²) in [5.74, 6) is 1.95. The second-order valence-electron chi connectivity index (χ2n) is 7.33. The fraction of sp³-hybridized carbons (Fsp3) is 0.667. The van der Waals surface area contributed by atoms with Gasteiger partial charge in [0.2, 0.25) is 5.91 Å². The number of nitrogens with zero attached hydrogens (tertiary/aromatic N) is 1. The van der Waals surface area contributed by atoms with Crippen LogP contribution in [0.2, 0.25) is 0 Å². The van der Waals surface area contributed by atoms with Crippen LogP contribution in [0, 0.1) is 5.92 Å². The quantitative estimate of drug-likeness (QED) is 0.317. The van der Waals surface area contributed by atoms with Gasteiger partial charge in [0.15, 0.2) is 5.96 Å². The van der Waals surface area contributed by atoms with Crippen molar-refractivity contribution in [2.75, 3.05) is 32.8 Å². The van der Waals surface area contributed by atoms with E-state index in [0.29, 0.717) is 18.4 Å². The normalized spacial score (nSPS) is 17.5. The first-order chi connectivity index (χ1) is 11.9. The minimum atomic E-state index is -0.256. The number of guanidine groups is 1. The van der Waals surface area contributed by atoms with Crippen LogP contribution in [-0.4, -0.2) is 50.3 Å². The second-order valence-corrected chi connectivity index (χ2v) is 7.33. The molecule has 1 atom stereocenters. The Morgan fingerprint density at radius 3 is 2.77 bits per heavy atom. The van der Waals surface area contributed by atoms with Gasteiger partial charge in [-0.05, 0) is 39.3 Å². The molecule has 8 heteroatoms. The lowest BCUT2D eigenvalue weighted by Gasteiger charge is -2.20. The first-order valence-corrected chi connectivity index (χ1v) is 8.86. The third kappa shape index (κ3) is 9.42. The zero-order valence-electron chi connectivity index (χ0n) is 15.8. The standard InChI is InChI=1S/C18H30N4O3.HI/c1-18(2,3)22-16(23)12-21-17(20-11-14-7-10-24-13-14)19-8-6-15-5-4-9-25-15;/h4-5,9,14H,6-8,10-13H2,1-3H3,(H,22,23)(H2,19,20,21);1H. The van der Waals surface area contributed by atoms with Gasteiger partial charge >= 0.3 is 0 Å². The largest absolute Gasteiger partial charge is 0.469 e. The van der Waals surface area contributed by atoms with E-state index in [9.17, 15) is 4.79 Å². The number of nitrogens with one attached hydrogen (secondary N) is 3. The van der Waals surface area contributed by atoms with Crippen molar-refractivity contribution in [3.63, 3.8) is 0 Å². The minimum absolute atomic E-state index is 0. The highest BCUT2D eigenvalue weighted by molar-refractivity contribution is 14.0. The van der Waals surface area contributed by atoms with Gasteiger partial charge in [-0.3, -0.25) is 4.79 Å². The van der Waals surface area contributed by atoms with E-state index in [0.717, 1.165) is 38.4 Å². The number of carbonyl (C=O) groups excluding carboxylic acids is 1. The second kappa shape index (κ2) is 11.4. The molecular weight excluding hydrogens is 447 g/mol. The molecule has 1 amide bonds. The zero-order chi connectivity index (χ0) is 18.1. The predicted octanol–water partition coefficient (Wildman–Crippen LogP) is 1.93. The Hall–Kier alpha value is -1.29. The van der Waals surface area contributed by atoms with Crippen LogP contribution in [0.15, 0.2) is 27.8 Å². The maximum Gasteiger partial charge on any atom is 0.242 e. The molecule has 1 unspecified atom stereocenters. The van der Waals surface area contributed by atoms with Crippen LogP contribution in [0.25, 0.3) is 0 Å². The van der Waals surface area contributed by atoms with Crippen molar-refractivity contribution in [3.05, 3.63) is 24.2 Å². The van der Waals surface area contributed by atoms with E-state index in [2.05, 4.69) is 20.9 Å². The van der Waals surface area contributed by atoms with E-state index in [1.807, 2.05) is 32.9 Å². The number of rotatable bonds is 7. The van der Waals surface area contributed by atoms with Crippen LogP contribution in [-0.2, 0) is 16.0 Å². The van der Waals surface area contributed by atoms with Crippen molar-refractivity contribution in [1.82, 2.24) is 16.0 Å². The van der Waals surface area contributed by atoms with E-state index in [-0.39, 0.29) is 42.0 Å². The van der Waals surface area contributed by atoms with Gasteiger partial charge in [-0.15, -0.1) is 24.0 Å². The van der Waals surface area contributed by atoms with E-state index in [1.54, 1.807) is 6.26 Å². The summed E-state index contributed by atoms with van der Waals surface area (Å²) in [4.78, 5) is 16.4. The summed E-state index contributed by atoms with van der Waals surface area (Å²) in [5, 5.41) is 9.48. The minimum Gasteiger partial charge on any atom is -0.469 e. The molecule has 0 bridgehead atoms. The van der Waals surface area contributed by atoms with Crippen LogP contribution in [0.5, 0.6) is 0 Å². The van der Waals surface area contributed by atoms with Crippen molar-refractivity contribution in [2.24, 2.45) is 10.9 Å². The van der Waals surface area contributed by atoms with E-state index in [4.69, 9.17) is 9.15 Å². The Morgan fingerprint density at radius 2 is 2.15 bits per heavy atom. The molecule has 1 aromatic heterocycles. The highest BCUT2D eigenvalue weighted by atomic mass is 127. The van der Waals surface area contributed by atoms with Crippen LogP contribution in [0.3, 0.4) is 0 Å². The van der Waals surface area contributed by atoms with Crippen molar-refractivity contribution in [2.45, 2.75) is 39.2 Å². The topological polar surface area (TPSA) is 87.9 Å². The molecule has 3 N–H and O–H groups in total. The van der Waals surface area contributed by atoms with Crippen LogP contribution in [0.4, 0.5) is 0 Å². The average molecular weight is 478 g/mol. The van der Waals surface area contributed by atoms with Crippen molar-refractivity contribution in [1.29, 1.82) is 0 Å². The molecule has 0 aliphatic carbocycles. The predicted molar refractivity (Wildman–Crippen MR) is 113 cm³/mol. The molecule has 0 aromatic carbocycles. The van der Waals surface area contributed by atoms with Crippen LogP contribution >= 0.6 is 24.0 Å². The first kappa shape index (κ1) is 22.8. The molecule has 26 heavy (non-hydrogen) atoms. The summed E-state index contributed by atoms with van der Waals surface area (Å²) < 4.78 is 10.7. The zero-order valence-corrected chi connectivity index (χ0v) is 18.2. The molecule has 1 aromatic rings. The van der Waals surface area contributed by atoms with Crippen molar-refractivity contribution >= 4 is 35.8 Å². The SMILES string of the molecule is CC(C)(C)NC(=O)CN=C(NCCc1ccco1)NCC1CCOC1.I. The van der Waals surface area contributed by atoms with Crippen LogP contribution in [0.1, 0.15) is 33.0 Å². The lowest BCUT2D eigenvalue weighted by atomic mass is 10.1. The monoisotopic (exact) mass is 478 g/mol. The van der Waals surface area contributed by atoms with Crippen molar-refractivity contribution in [3.8, 4) is 0 Å². The Balaban J connectivity index is 0.00000338. The van der Waals surface area contributed by atoms with Gasteiger partial charge in [0.25, 0.3) is 0 Å². The highest BCUT2D eigenvalue weighted by Crippen LogP contribution is 2.10. The lowest BCUT2D eigenvalue weighted by Crippen LogP contribution is -2.44. The Kier molecular flexibility index (Phi) is 10.0. The molecule has 2 rings (SSSR count). The molecule has 1 fully saturated rings. The van der Waals surface area contributed by atoms with Gasteiger partial charge in [-0.25, -0.2) is 4.99 Å². The molecular formula is C18H31IN4O3. The number of hydrogen-bond acceptors (Lipinski definition) is 4. The summed E-state index contributed by atoms with van der Waals surface area (Å²) in [6.07, 6.45) is 3.48. The molecule has 1 aliphatic heterocycles. The number of amides is 1. The Bertz CT molecular complexity index is 549. The van der Waals surface area contributed by atoms with Gasteiger partial charge in [0.1, 0.15) is 12.3 Å². The number of hydrogen-bond donors (Lipinski definition) is 3.